The van der Waals surface area contributed by atoms with Gasteiger partial charge in [-0.2, -0.15) is 0 Å². The molecule has 2 aliphatic rings. The van der Waals surface area contributed by atoms with Crippen molar-refractivity contribution in [2.75, 3.05) is 10.1 Å². The number of thiocarbonyl (C=S) groups is 1. The number of hydrogen-bond acceptors (Lipinski definition) is 6. The molecule has 2 aromatic carbocycles. The summed E-state index contributed by atoms with van der Waals surface area (Å²) < 4.78 is 27.7. The number of benzene rings is 2. The molecule has 32 heavy (non-hydrogen) atoms. The van der Waals surface area contributed by atoms with Crippen molar-refractivity contribution in [1.82, 2.24) is 10.7 Å². The van der Waals surface area contributed by atoms with Gasteiger partial charge in [0.2, 0.25) is 0 Å². The van der Waals surface area contributed by atoms with Crippen LogP contribution < -0.4 is 20.9 Å². The molecule has 4 rings (SSSR count). The first kappa shape index (κ1) is 22.6. The monoisotopic (exact) mass is 495 g/mol. The first-order chi connectivity index (χ1) is 15.2. The van der Waals surface area contributed by atoms with Crippen molar-refractivity contribution in [3.63, 3.8) is 0 Å². The molecule has 0 amide bonds. The van der Waals surface area contributed by atoms with Gasteiger partial charge in [-0.05, 0) is 73.6 Å². The Morgan fingerprint density at radius 3 is 2.62 bits per heavy atom. The van der Waals surface area contributed by atoms with Gasteiger partial charge < -0.3 is 5.32 Å². The number of nitrogens with one attached hydrogen (secondary N) is 4. The number of hydrazine groups is 1. The van der Waals surface area contributed by atoms with Gasteiger partial charge in [0.15, 0.2) is 5.11 Å². The molecule has 2 saturated carbocycles. The average molecular weight is 496 g/mol. The van der Waals surface area contributed by atoms with Crippen molar-refractivity contribution < 1.29 is 13.3 Å². The van der Waals surface area contributed by atoms with E-state index >= 15 is 0 Å². The lowest BCUT2D eigenvalue weighted by atomic mass is 9.96. The molecule has 0 aromatic heterocycles. The van der Waals surface area contributed by atoms with Crippen LogP contribution in [0.4, 0.5) is 17.1 Å². The number of fused-ring (bicyclic) bond motifs is 2. The minimum Gasteiger partial charge on any atom is -0.358 e. The molecular weight excluding hydrogens is 474 g/mol. The zero-order chi connectivity index (χ0) is 22.9. The number of halogens is 1. The molecule has 3 unspecified atom stereocenters. The minimum atomic E-state index is -4.05. The van der Waals surface area contributed by atoms with E-state index in [0.29, 0.717) is 22.1 Å². The molecule has 12 heteroatoms. The van der Waals surface area contributed by atoms with Gasteiger partial charge in [-0.15, -0.1) is 0 Å². The molecular formula is C20H22ClN5O4S2. The van der Waals surface area contributed by atoms with Crippen LogP contribution in [0.3, 0.4) is 0 Å². The highest BCUT2D eigenvalue weighted by atomic mass is 35.5. The molecule has 9 nitrogen and oxygen atoms in total. The van der Waals surface area contributed by atoms with Crippen LogP contribution in [-0.4, -0.2) is 24.5 Å². The summed E-state index contributed by atoms with van der Waals surface area (Å²) in [6.45, 7) is 0. The third kappa shape index (κ3) is 5.05. The van der Waals surface area contributed by atoms with Crippen molar-refractivity contribution in [2.24, 2.45) is 11.8 Å². The Balaban J connectivity index is 1.44. The van der Waals surface area contributed by atoms with E-state index in [4.69, 9.17) is 23.8 Å². The van der Waals surface area contributed by atoms with E-state index in [2.05, 4.69) is 20.9 Å². The normalized spacial score (nSPS) is 21.7. The highest BCUT2D eigenvalue weighted by Gasteiger charge is 2.39. The smallest absolute Gasteiger partial charge is 0.295 e. The molecule has 0 radical (unpaired) electrons. The quantitative estimate of drug-likeness (QED) is 0.258. The first-order valence-electron chi connectivity index (χ1n) is 10.1. The van der Waals surface area contributed by atoms with Crippen LogP contribution in [0.1, 0.15) is 25.7 Å². The summed E-state index contributed by atoms with van der Waals surface area (Å²) in [6.07, 6.45) is 4.77. The van der Waals surface area contributed by atoms with Crippen LogP contribution >= 0.6 is 23.8 Å². The maximum Gasteiger partial charge on any atom is 0.295 e. The number of hydrogen-bond donors (Lipinski definition) is 4. The molecule has 0 spiro atoms. The van der Waals surface area contributed by atoms with Gasteiger partial charge in [0.05, 0.1) is 15.5 Å². The predicted octanol–water partition coefficient (Wildman–Crippen LogP) is 4.03. The Labute approximate surface area is 196 Å². The van der Waals surface area contributed by atoms with Crippen LogP contribution in [0, 0.1) is 22.0 Å². The summed E-state index contributed by atoms with van der Waals surface area (Å²) in [7, 11) is -4.05. The van der Waals surface area contributed by atoms with E-state index in [-0.39, 0.29) is 16.3 Å². The van der Waals surface area contributed by atoms with Gasteiger partial charge in [0.1, 0.15) is 5.69 Å². The molecule has 2 fully saturated rings. The fourth-order valence-corrected chi connectivity index (χ4v) is 5.91. The Hall–Kier alpha value is -2.63. The van der Waals surface area contributed by atoms with Crippen LogP contribution in [0.5, 0.6) is 0 Å². The summed E-state index contributed by atoms with van der Waals surface area (Å²) in [5.74, 6) is 1.37. The summed E-state index contributed by atoms with van der Waals surface area (Å²) >= 11 is 11.2. The zero-order valence-electron chi connectivity index (χ0n) is 16.9. The maximum atomic E-state index is 12.7. The van der Waals surface area contributed by atoms with Crippen molar-refractivity contribution in [2.45, 2.75) is 36.6 Å². The van der Waals surface area contributed by atoms with Gasteiger partial charge >= 0.3 is 0 Å². The number of rotatable bonds is 7. The van der Waals surface area contributed by atoms with Gasteiger partial charge in [-0.25, -0.2) is 8.42 Å². The molecule has 2 aromatic rings. The lowest BCUT2D eigenvalue weighted by molar-refractivity contribution is -0.384. The lowest BCUT2D eigenvalue weighted by Crippen LogP contribution is -2.46. The third-order valence-electron chi connectivity index (χ3n) is 5.92. The number of sulfonamides is 1. The third-order valence-corrected chi connectivity index (χ3v) is 7.75. The second-order valence-corrected chi connectivity index (χ2v) is 10.6. The standard InChI is InChI=1S/C20H22ClN5O4S2/c21-14-2-1-3-15(10-14)25-32(29,30)16-6-7-17(19(11-16)26(27)28)23-24-20(31)22-18-9-12-4-5-13(18)8-12/h1-3,6-7,10-13,18,23,25H,4-5,8-9H2,(H2,22,24,31). The summed E-state index contributed by atoms with van der Waals surface area (Å²) in [6, 6.07) is 10.1. The Kier molecular flexibility index (Phi) is 6.40. The summed E-state index contributed by atoms with van der Waals surface area (Å²) in [4.78, 5) is 10.7. The minimum absolute atomic E-state index is 0.0915. The molecule has 3 atom stereocenters. The molecule has 0 heterocycles. The molecule has 4 N–H and O–H groups in total. The molecule has 0 aliphatic heterocycles. The second kappa shape index (κ2) is 9.08. The van der Waals surface area contributed by atoms with Crippen LogP contribution in [-0.2, 0) is 10.0 Å². The van der Waals surface area contributed by atoms with E-state index in [1.165, 1.54) is 43.5 Å². The van der Waals surface area contributed by atoms with Gasteiger partial charge in [-0.1, -0.05) is 24.1 Å². The van der Waals surface area contributed by atoms with E-state index in [1.807, 2.05) is 0 Å². The van der Waals surface area contributed by atoms with Crippen LogP contribution in [0.25, 0.3) is 0 Å². The largest absolute Gasteiger partial charge is 0.358 e. The zero-order valence-corrected chi connectivity index (χ0v) is 19.3. The molecule has 2 aliphatic carbocycles. The summed E-state index contributed by atoms with van der Waals surface area (Å²) in [5, 5.41) is 15.5. The van der Waals surface area contributed by atoms with Crippen molar-refractivity contribution in [1.29, 1.82) is 0 Å². The Bertz CT molecular complexity index is 1160. The van der Waals surface area contributed by atoms with E-state index < -0.39 is 20.6 Å². The predicted molar refractivity (Wildman–Crippen MR) is 127 cm³/mol. The summed E-state index contributed by atoms with van der Waals surface area (Å²) in [5.41, 5.74) is 5.43. The van der Waals surface area contributed by atoms with Crippen molar-refractivity contribution >= 4 is 56.0 Å². The SMILES string of the molecule is O=[N+]([O-])c1cc(S(=O)(=O)Nc2cccc(Cl)c2)ccc1NNC(=S)NC1CC2CCC1C2. The topological polar surface area (TPSA) is 125 Å². The fourth-order valence-electron chi connectivity index (χ4n) is 4.45. The number of nitrogens with zero attached hydrogens (tertiary/aromatic N) is 1. The maximum absolute atomic E-state index is 12.7. The van der Waals surface area contributed by atoms with E-state index in [1.54, 1.807) is 12.1 Å². The highest BCUT2D eigenvalue weighted by Crippen LogP contribution is 2.44. The van der Waals surface area contributed by atoms with Crippen molar-refractivity contribution in [3.8, 4) is 0 Å². The Morgan fingerprint density at radius 1 is 1.16 bits per heavy atom. The number of nitro benzene ring substituents is 1. The van der Waals surface area contributed by atoms with Gasteiger partial charge in [0, 0.05) is 17.1 Å². The first-order valence-corrected chi connectivity index (χ1v) is 12.4. The number of anilines is 2. The van der Waals surface area contributed by atoms with Crippen LogP contribution in [0.15, 0.2) is 47.4 Å². The Morgan fingerprint density at radius 2 is 1.97 bits per heavy atom. The number of nitro groups is 1. The van der Waals surface area contributed by atoms with E-state index in [9.17, 15) is 18.5 Å². The fraction of sp³-hybridized carbons (Fsp3) is 0.350. The van der Waals surface area contributed by atoms with Crippen molar-refractivity contribution in [3.05, 3.63) is 57.6 Å². The molecule has 2 bridgehead atoms. The molecule has 170 valence electrons. The lowest BCUT2D eigenvalue weighted by Gasteiger charge is -2.24. The van der Waals surface area contributed by atoms with Gasteiger partial charge in [0.25, 0.3) is 15.7 Å². The average Bonchev–Trinajstić information content (AvgIpc) is 3.35. The van der Waals surface area contributed by atoms with Crippen LogP contribution in [0.2, 0.25) is 5.02 Å². The van der Waals surface area contributed by atoms with Gasteiger partial charge in [-0.3, -0.25) is 25.7 Å². The molecule has 0 saturated heterocycles. The second-order valence-electron chi connectivity index (χ2n) is 8.06. The van der Waals surface area contributed by atoms with E-state index in [0.717, 1.165) is 18.4 Å². The highest BCUT2D eigenvalue weighted by molar-refractivity contribution is 7.92.